The normalized spacial score (nSPS) is 13.5. The number of hydrogen-bond donors (Lipinski definition) is 0. The van der Waals surface area contributed by atoms with Crippen molar-refractivity contribution in [2.75, 3.05) is 14.7 Å². The predicted molar refractivity (Wildman–Crippen MR) is 323 cm³/mol. The van der Waals surface area contributed by atoms with Crippen LogP contribution in [0.15, 0.2) is 199 Å². The molecule has 372 valence electrons. The molecule has 0 saturated carbocycles. The highest BCUT2D eigenvalue weighted by atomic mass is 16.3. The first kappa shape index (κ1) is 48.2. The number of nitrogens with zero attached hydrogens (tertiary/aromatic N) is 3. The van der Waals surface area contributed by atoms with Crippen LogP contribution in [0.4, 0.5) is 51.2 Å². The van der Waals surface area contributed by atoms with E-state index in [1.807, 2.05) is 12.1 Å². The Kier molecular flexibility index (Phi) is 11.2. The number of para-hydroxylation sites is 1. The maximum absolute atomic E-state index is 6.45. The minimum absolute atomic E-state index is 0.00129. The SMILES string of the molecule is CC(C)(C)c1ccc(N(c2cc3c4c(c2)N(c2ccc(C(C)(C)C)cc2)c2ccc(C(C)(C)C)cc2B4c2cc(C(C)(C)C)ccc2N3c2ccc(-c3cc4ccccc4o3)cc2)c2ccc3ccccc3c2)cc1. The first-order valence-electron chi connectivity index (χ1n) is 26.9. The number of rotatable bonds is 6. The van der Waals surface area contributed by atoms with Crippen molar-refractivity contribution >= 4 is 96.0 Å². The molecule has 0 saturated heterocycles. The molecule has 2 aliphatic heterocycles. The monoisotopic (exact) mass is 978 g/mol. The van der Waals surface area contributed by atoms with Crippen molar-refractivity contribution in [2.24, 2.45) is 0 Å². The maximum Gasteiger partial charge on any atom is 0.252 e. The summed E-state index contributed by atoms with van der Waals surface area (Å²) in [5.41, 5.74) is 21.2. The summed E-state index contributed by atoms with van der Waals surface area (Å²) < 4.78 is 6.45. The standard InChI is InChI=1S/C70H68BN3O/c1-67(2,3)49-24-33-53(34-25-49)72(56-32-21-45-17-13-14-18-47(45)39-56)57-43-62-66-63(44-57)74(55-35-26-50(27-36-55)68(4,5)6)61-38-29-52(70(10,11)12)42-59(61)71(66)58-41-51(69(7,8)9)28-37-60(58)73(62)54-30-22-46(23-31-54)65-40-48-19-15-16-20-64(48)75-65/h13-44H,1-12H3. The number of benzene rings is 9. The first-order chi connectivity index (χ1) is 35.7. The topological polar surface area (TPSA) is 22.9 Å². The molecule has 0 N–H and O–H groups in total. The summed E-state index contributed by atoms with van der Waals surface area (Å²) in [6, 6.07) is 73.2. The van der Waals surface area contributed by atoms with Crippen LogP contribution < -0.4 is 31.1 Å². The van der Waals surface area contributed by atoms with Crippen molar-refractivity contribution in [2.45, 2.75) is 105 Å². The van der Waals surface area contributed by atoms with Crippen molar-refractivity contribution < 1.29 is 4.42 Å². The van der Waals surface area contributed by atoms with Crippen molar-refractivity contribution in [3.63, 3.8) is 0 Å². The zero-order valence-corrected chi connectivity index (χ0v) is 45.8. The van der Waals surface area contributed by atoms with Crippen LogP contribution in [0.5, 0.6) is 0 Å². The molecular weight excluding hydrogens is 910 g/mol. The maximum atomic E-state index is 6.45. The second-order valence-electron chi connectivity index (χ2n) is 25.2. The van der Waals surface area contributed by atoms with Gasteiger partial charge in [-0.15, -0.1) is 0 Å². The Morgan fingerprint density at radius 3 is 1.33 bits per heavy atom. The number of anilines is 9. The summed E-state index contributed by atoms with van der Waals surface area (Å²) in [5, 5.41) is 3.51. The smallest absolute Gasteiger partial charge is 0.252 e. The average Bonchev–Trinajstić information content (AvgIpc) is 3.85. The molecule has 0 atom stereocenters. The fraction of sp³-hybridized carbons (Fsp3) is 0.229. The predicted octanol–water partition coefficient (Wildman–Crippen LogP) is 18.0. The molecule has 0 unspecified atom stereocenters. The number of furan rings is 1. The van der Waals surface area contributed by atoms with Gasteiger partial charge < -0.3 is 19.1 Å². The number of hydrogen-bond acceptors (Lipinski definition) is 4. The van der Waals surface area contributed by atoms with Crippen LogP contribution in [-0.2, 0) is 21.7 Å². The third-order valence-electron chi connectivity index (χ3n) is 15.9. The zero-order valence-electron chi connectivity index (χ0n) is 45.8. The van der Waals surface area contributed by atoms with Crippen LogP contribution in [0.2, 0.25) is 0 Å². The van der Waals surface area contributed by atoms with Crippen LogP contribution in [0.1, 0.15) is 105 Å². The fourth-order valence-corrected chi connectivity index (χ4v) is 11.5. The summed E-state index contributed by atoms with van der Waals surface area (Å²) in [4.78, 5) is 7.59. The summed E-state index contributed by atoms with van der Waals surface area (Å²) >= 11 is 0. The third kappa shape index (κ3) is 8.51. The molecule has 12 rings (SSSR count). The Labute approximate surface area is 445 Å². The van der Waals surface area contributed by atoms with Crippen molar-refractivity contribution in [1.29, 1.82) is 0 Å². The van der Waals surface area contributed by atoms with Crippen molar-refractivity contribution in [1.82, 2.24) is 0 Å². The summed E-state index contributed by atoms with van der Waals surface area (Å²) in [6.45, 7) is 27.7. The lowest BCUT2D eigenvalue weighted by Gasteiger charge is -2.45. The van der Waals surface area contributed by atoms with Gasteiger partial charge in [0.2, 0.25) is 0 Å². The van der Waals surface area contributed by atoms with Crippen LogP contribution in [-0.4, -0.2) is 6.71 Å². The molecule has 0 fully saturated rings. The van der Waals surface area contributed by atoms with Gasteiger partial charge in [0.1, 0.15) is 11.3 Å². The van der Waals surface area contributed by atoms with E-state index in [9.17, 15) is 0 Å². The van der Waals surface area contributed by atoms with E-state index in [0.29, 0.717) is 0 Å². The van der Waals surface area contributed by atoms with Gasteiger partial charge >= 0.3 is 0 Å². The van der Waals surface area contributed by atoms with Gasteiger partial charge in [-0.3, -0.25) is 0 Å². The average molecular weight is 978 g/mol. The third-order valence-corrected chi connectivity index (χ3v) is 15.9. The molecule has 0 bridgehead atoms. The first-order valence-corrected chi connectivity index (χ1v) is 26.9. The molecule has 10 aromatic rings. The zero-order chi connectivity index (χ0) is 52.3. The van der Waals surface area contributed by atoms with Gasteiger partial charge in [-0.05, 0) is 168 Å². The van der Waals surface area contributed by atoms with Gasteiger partial charge in [0.05, 0.1) is 5.69 Å². The molecule has 4 nitrogen and oxygen atoms in total. The van der Waals surface area contributed by atoms with Gasteiger partial charge in [0.15, 0.2) is 0 Å². The molecule has 2 aliphatic rings. The molecule has 5 heteroatoms. The lowest BCUT2D eigenvalue weighted by atomic mass is 9.33. The highest BCUT2D eigenvalue weighted by molar-refractivity contribution is 7.00. The second kappa shape index (κ2) is 17.4. The van der Waals surface area contributed by atoms with Crippen molar-refractivity contribution in [3.05, 3.63) is 216 Å². The lowest BCUT2D eigenvalue weighted by molar-refractivity contribution is 0.590. The highest BCUT2D eigenvalue weighted by Gasteiger charge is 2.45. The van der Waals surface area contributed by atoms with E-state index in [1.54, 1.807) is 0 Å². The Balaban J connectivity index is 1.18. The molecule has 3 heterocycles. The van der Waals surface area contributed by atoms with E-state index in [1.165, 1.54) is 66.5 Å². The molecule has 0 spiro atoms. The highest BCUT2D eigenvalue weighted by Crippen LogP contribution is 2.50. The largest absolute Gasteiger partial charge is 0.456 e. The van der Waals surface area contributed by atoms with E-state index < -0.39 is 0 Å². The summed E-state index contributed by atoms with van der Waals surface area (Å²) in [7, 11) is 0. The van der Waals surface area contributed by atoms with Crippen molar-refractivity contribution in [3.8, 4) is 11.3 Å². The van der Waals surface area contributed by atoms with Gasteiger partial charge in [-0.25, -0.2) is 0 Å². The second-order valence-corrected chi connectivity index (χ2v) is 25.2. The molecular formula is C70H68BN3O. The molecule has 9 aromatic carbocycles. The van der Waals surface area contributed by atoms with Gasteiger partial charge in [0.25, 0.3) is 6.71 Å². The Morgan fingerprint density at radius 1 is 0.360 bits per heavy atom. The lowest BCUT2D eigenvalue weighted by Crippen LogP contribution is -2.61. The Morgan fingerprint density at radius 2 is 0.813 bits per heavy atom. The van der Waals surface area contributed by atoms with Gasteiger partial charge in [-0.2, -0.15) is 0 Å². The summed E-state index contributed by atoms with van der Waals surface area (Å²) in [5.74, 6) is 0.860. The molecule has 75 heavy (non-hydrogen) atoms. The minimum Gasteiger partial charge on any atom is -0.456 e. The van der Waals surface area contributed by atoms with E-state index >= 15 is 0 Å². The summed E-state index contributed by atoms with van der Waals surface area (Å²) in [6.07, 6.45) is 0. The van der Waals surface area contributed by atoms with Gasteiger partial charge in [-0.1, -0.05) is 180 Å². The Bertz CT molecular complexity index is 3790. The van der Waals surface area contributed by atoms with Crippen LogP contribution in [0.25, 0.3) is 33.1 Å². The van der Waals surface area contributed by atoms with E-state index in [4.69, 9.17) is 4.42 Å². The van der Waals surface area contributed by atoms with Gasteiger partial charge in [0, 0.05) is 56.4 Å². The molecule has 1 aromatic heterocycles. The van der Waals surface area contributed by atoms with E-state index in [2.05, 4.69) is 280 Å². The Hall–Kier alpha value is -7.76. The van der Waals surface area contributed by atoms with E-state index in [0.717, 1.165) is 56.4 Å². The minimum atomic E-state index is -0.0739. The number of fused-ring (bicyclic) bond motifs is 6. The molecule has 0 radical (unpaired) electrons. The van der Waals surface area contributed by atoms with Crippen LogP contribution in [0.3, 0.4) is 0 Å². The van der Waals surface area contributed by atoms with Crippen LogP contribution >= 0.6 is 0 Å². The molecule has 0 aliphatic carbocycles. The fourth-order valence-electron chi connectivity index (χ4n) is 11.5. The van der Waals surface area contributed by atoms with Crippen LogP contribution in [0, 0.1) is 0 Å². The van der Waals surface area contributed by atoms with E-state index in [-0.39, 0.29) is 28.4 Å². The quantitative estimate of drug-likeness (QED) is 0.155. The molecule has 0 amide bonds.